The number of thiazole rings is 1. The van der Waals surface area contributed by atoms with E-state index in [1.54, 1.807) is 40.7 Å². The standard InChI is InChI=1S/C20H15FN4OS/c21-17-9-5-4-6-14(17)10-19-24-18(13-27-19)20(26)23-15-11-22-25(12-15)16-7-2-1-3-8-16/h1-9,11-13H,10H2,(H,23,26). The average molecular weight is 378 g/mol. The van der Waals surface area contributed by atoms with Crippen LogP contribution in [0, 0.1) is 5.82 Å². The molecule has 0 saturated carbocycles. The molecule has 4 aromatic rings. The van der Waals surface area contributed by atoms with Crippen LogP contribution in [0.2, 0.25) is 0 Å². The Balaban J connectivity index is 1.44. The zero-order valence-electron chi connectivity index (χ0n) is 14.2. The molecule has 2 aromatic heterocycles. The van der Waals surface area contributed by atoms with E-state index in [0.717, 1.165) is 5.69 Å². The smallest absolute Gasteiger partial charge is 0.275 e. The van der Waals surface area contributed by atoms with E-state index >= 15 is 0 Å². The minimum atomic E-state index is -0.321. The number of hydrogen-bond donors (Lipinski definition) is 1. The molecular weight excluding hydrogens is 363 g/mol. The first-order valence-corrected chi connectivity index (χ1v) is 9.16. The zero-order chi connectivity index (χ0) is 18.6. The molecule has 1 amide bonds. The Bertz CT molecular complexity index is 1070. The summed E-state index contributed by atoms with van der Waals surface area (Å²) in [5.41, 5.74) is 2.34. The summed E-state index contributed by atoms with van der Waals surface area (Å²) in [5.74, 6) is -0.592. The summed E-state index contributed by atoms with van der Waals surface area (Å²) in [7, 11) is 0. The van der Waals surface area contributed by atoms with Gasteiger partial charge in [-0.3, -0.25) is 4.79 Å². The molecule has 2 aromatic carbocycles. The molecule has 0 unspecified atom stereocenters. The van der Waals surface area contributed by atoms with Crippen LogP contribution in [-0.2, 0) is 6.42 Å². The molecule has 0 spiro atoms. The maximum absolute atomic E-state index is 13.8. The van der Waals surface area contributed by atoms with Crippen molar-refractivity contribution in [1.29, 1.82) is 0 Å². The van der Waals surface area contributed by atoms with E-state index < -0.39 is 0 Å². The number of nitrogens with zero attached hydrogens (tertiary/aromatic N) is 3. The fourth-order valence-corrected chi connectivity index (χ4v) is 3.40. The predicted molar refractivity (Wildman–Crippen MR) is 103 cm³/mol. The van der Waals surface area contributed by atoms with Crippen molar-refractivity contribution >= 4 is 22.9 Å². The normalized spacial score (nSPS) is 10.7. The lowest BCUT2D eigenvalue weighted by Crippen LogP contribution is -2.12. The largest absolute Gasteiger partial charge is 0.318 e. The van der Waals surface area contributed by atoms with Crippen LogP contribution in [0.25, 0.3) is 5.69 Å². The number of rotatable bonds is 5. The molecule has 5 nitrogen and oxygen atoms in total. The van der Waals surface area contributed by atoms with Gasteiger partial charge < -0.3 is 5.32 Å². The second-order valence-electron chi connectivity index (χ2n) is 5.86. The van der Waals surface area contributed by atoms with Crippen LogP contribution in [0.1, 0.15) is 21.1 Å². The van der Waals surface area contributed by atoms with Crippen LogP contribution < -0.4 is 5.32 Å². The lowest BCUT2D eigenvalue weighted by Gasteiger charge is -2.01. The van der Waals surface area contributed by atoms with Crippen molar-refractivity contribution in [3.63, 3.8) is 0 Å². The lowest BCUT2D eigenvalue weighted by atomic mass is 10.1. The summed E-state index contributed by atoms with van der Waals surface area (Å²) < 4.78 is 15.4. The molecule has 0 aliphatic heterocycles. The highest BCUT2D eigenvalue weighted by molar-refractivity contribution is 7.09. The Morgan fingerprint density at radius 3 is 2.70 bits per heavy atom. The maximum Gasteiger partial charge on any atom is 0.275 e. The third-order valence-corrected chi connectivity index (χ3v) is 4.79. The van der Waals surface area contributed by atoms with Crippen molar-refractivity contribution in [3.8, 4) is 5.69 Å². The summed E-state index contributed by atoms with van der Waals surface area (Å²) in [4.78, 5) is 16.7. The summed E-state index contributed by atoms with van der Waals surface area (Å²) in [5, 5.41) is 9.39. The quantitative estimate of drug-likeness (QED) is 0.563. The molecular formula is C20H15FN4OS. The summed E-state index contributed by atoms with van der Waals surface area (Å²) in [6, 6.07) is 16.2. The minimum Gasteiger partial charge on any atom is -0.318 e. The van der Waals surface area contributed by atoms with Gasteiger partial charge in [-0.25, -0.2) is 14.1 Å². The average Bonchev–Trinajstić information content (AvgIpc) is 3.34. The van der Waals surface area contributed by atoms with Crippen molar-refractivity contribution in [3.05, 3.63) is 94.5 Å². The van der Waals surface area contributed by atoms with E-state index in [1.165, 1.54) is 17.4 Å². The third kappa shape index (κ3) is 3.93. The Morgan fingerprint density at radius 1 is 1.11 bits per heavy atom. The molecule has 0 aliphatic carbocycles. The molecule has 0 radical (unpaired) electrons. The molecule has 0 saturated heterocycles. The van der Waals surface area contributed by atoms with E-state index in [0.29, 0.717) is 28.4 Å². The van der Waals surface area contributed by atoms with Crippen molar-refractivity contribution < 1.29 is 9.18 Å². The van der Waals surface area contributed by atoms with Crippen LogP contribution in [0.3, 0.4) is 0 Å². The molecule has 27 heavy (non-hydrogen) atoms. The van der Waals surface area contributed by atoms with E-state index in [2.05, 4.69) is 15.4 Å². The van der Waals surface area contributed by atoms with Gasteiger partial charge in [-0.15, -0.1) is 11.3 Å². The summed E-state index contributed by atoms with van der Waals surface area (Å²) in [6.45, 7) is 0. The van der Waals surface area contributed by atoms with Crippen molar-refractivity contribution in [2.75, 3.05) is 5.32 Å². The number of hydrogen-bond acceptors (Lipinski definition) is 4. The number of carbonyl (C=O) groups excluding carboxylic acids is 1. The zero-order valence-corrected chi connectivity index (χ0v) is 15.0. The highest BCUT2D eigenvalue weighted by Gasteiger charge is 2.13. The Morgan fingerprint density at radius 2 is 1.89 bits per heavy atom. The van der Waals surface area contributed by atoms with Gasteiger partial charge in [-0.1, -0.05) is 36.4 Å². The number of aromatic nitrogens is 3. The van der Waals surface area contributed by atoms with Gasteiger partial charge in [-0.05, 0) is 23.8 Å². The number of nitrogens with one attached hydrogen (secondary N) is 1. The first kappa shape index (κ1) is 17.1. The van der Waals surface area contributed by atoms with E-state index in [4.69, 9.17) is 0 Å². The van der Waals surface area contributed by atoms with Gasteiger partial charge in [0.05, 0.1) is 28.8 Å². The summed E-state index contributed by atoms with van der Waals surface area (Å²) >= 11 is 1.33. The first-order chi connectivity index (χ1) is 13.2. The molecule has 0 fully saturated rings. The number of carbonyl (C=O) groups is 1. The second kappa shape index (κ2) is 7.51. The van der Waals surface area contributed by atoms with E-state index in [1.807, 2.05) is 30.3 Å². The minimum absolute atomic E-state index is 0.271. The molecule has 7 heteroatoms. The number of halogens is 1. The third-order valence-electron chi connectivity index (χ3n) is 3.95. The van der Waals surface area contributed by atoms with Gasteiger partial charge in [0.1, 0.15) is 11.5 Å². The highest BCUT2D eigenvalue weighted by atomic mass is 32.1. The van der Waals surface area contributed by atoms with Gasteiger partial charge in [-0.2, -0.15) is 5.10 Å². The Kier molecular flexibility index (Phi) is 4.76. The predicted octanol–water partition coefficient (Wildman–Crippen LogP) is 4.31. The number of benzene rings is 2. The van der Waals surface area contributed by atoms with Crippen LogP contribution in [-0.4, -0.2) is 20.7 Å². The highest BCUT2D eigenvalue weighted by Crippen LogP contribution is 2.18. The molecule has 0 bridgehead atoms. The van der Waals surface area contributed by atoms with Crippen LogP contribution in [0.4, 0.5) is 10.1 Å². The number of amides is 1. The van der Waals surface area contributed by atoms with Gasteiger partial charge in [0.15, 0.2) is 0 Å². The molecule has 4 rings (SSSR count). The van der Waals surface area contributed by atoms with Gasteiger partial charge in [0.25, 0.3) is 5.91 Å². The summed E-state index contributed by atoms with van der Waals surface area (Å²) in [6.07, 6.45) is 3.67. The Labute approximate surface area is 159 Å². The fraction of sp³-hybridized carbons (Fsp3) is 0.0500. The maximum atomic E-state index is 13.8. The molecule has 0 atom stereocenters. The SMILES string of the molecule is O=C(Nc1cnn(-c2ccccc2)c1)c1csc(Cc2ccccc2F)n1. The van der Waals surface area contributed by atoms with Crippen molar-refractivity contribution in [2.45, 2.75) is 6.42 Å². The van der Waals surface area contributed by atoms with Crippen LogP contribution >= 0.6 is 11.3 Å². The molecule has 134 valence electrons. The second-order valence-corrected chi connectivity index (χ2v) is 6.80. The fourth-order valence-electron chi connectivity index (χ4n) is 2.61. The van der Waals surface area contributed by atoms with E-state index in [-0.39, 0.29) is 11.7 Å². The lowest BCUT2D eigenvalue weighted by molar-refractivity contribution is 0.102. The van der Waals surface area contributed by atoms with Crippen molar-refractivity contribution in [1.82, 2.24) is 14.8 Å². The van der Waals surface area contributed by atoms with E-state index in [9.17, 15) is 9.18 Å². The molecule has 0 aliphatic rings. The van der Waals surface area contributed by atoms with Gasteiger partial charge in [0.2, 0.25) is 0 Å². The first-order valence-electron chi connectivity index (χ1n) is 8.28. The topological polar surface area (TPSA) is 59.8 Å². The number of anilines is 1. The Hall–Kier alpha value is -3.32. The monoisotopic (exact) mass is 378 g/mol. The van der Waals surface area contributed by atoms with Crippen LogP contribution in [0.5, 0.6) is 0 Å². The molecule has 1 N–H and O–H groups in total. The number of para-hydroxylation sites is 1. The van der Waals surface area contributed by atoms with Gasteiger partial charge >= 0.3 is 0 Å². The van der Waals surface area contributed by atoms with Gasteiger partial charge in [0, 0.05) is 11.8 Å². The van der Waals surface area contributed by atoms with Crippen molar-refractivity contribution in [2.24, 2.45) is 0 Å². The molecule has 2 heterocycles. The van der Waals surface area contributed by atoms with Crippen LogP contribution in [0.15, 0.2) is 72.4 Å².